The number of hydrogen-bond acceptors (Lipinski definition) is 2. The minimum absolute atomic E-state index is 0.534. The minimum atomic E-state index is 0.534. The van der Waals surface area contributed by atoms with Crippen LogP contribution in [0.25, 0.3) is 0 Å². The second-order valence-corrected chi connectivity index (χ2v) is 6.99. The standard InChI is InChI=1S/C19H21NS/c1-21-15-10-8-14(9-11-15)18-13-20-12-4-7-19(20)17-6-3-2-5-16(17)18/h2-3,5-6,8-11,18-19H,4,7,12-13H2,1H3/t18-,19-/m1/s1. The Morgan fingerprint density at radius 2 is 1.76 bits per heavy atom. The predicted octanol–water partition coefficient (Wildman–Crippen LogP) is 4.69. The van der Waals surface area contributed by atoms with Crippen LogP contribution in [0.15, 0.2) is 53.4 Å². The molecule has 2 heteroatoms. The van der Waals surface area contributed by atoms with Crippen molar-refractivity contribution < 1.29 is 0 Å². The van der Waals surface area contributed by atoms with Crippen LogP contribution < -0.4 is 0 Å². The predicted molar refractivity (Wildman–Crippen MR) is 90.1 cm³/mol. The molecule has 0 amide bonds. The van der Waals surface area contributed by atoms with Gasteiger partial charge < -0.3 is 0 Å². The molecule has 2 aromatic rings. The third-order valence-corrected chi connectivity index (χ3v) is 5.77. The van der Waals surface area contributed by atoms with Crippen LogP contribution in [0.5, 0.6) is 0 Å². The molecule has 2 aromatic carbocycles. The zero-order valence-corrected chi connectivity index (χ0v) is 13.3. The number of rotatable bonds is 2. The zero-order valence-electron chi connectivity index (χ0n) is 12.5. The molecular weight excluding hydrogens is 274 g/mol. The first kappa shape index (κ1) is 13.4. The molecule has 2 atom stereocenters. The summed E-state index contributed by atoms with van der Waals surface area (Å²) in [6.45, 7) is 2.44. The first-order valence-electron chi connectivity index (χ1n) is 7.83. The molecule has 0 bridgehead atoms. The molecule has 0 radical (unpaired) electrons. The molecule has 0 aromatic heterocycles. The summed E-state index contributed by atoms with van der Waals surface area (Å²) in [4.78, 5) is 4.04. The van der Waals surface area contributed by atoms with Crippen molar-refractivity contribution in [1.29, 1.82) is 0 Å². The average molecular weight is 295 g/mol. The van der Waals surface area contributed by atoms with Gasteiger partial charge in [0.1, 0.15) is 0 Å². The van der Waals surface area contributed by atoms with Gasteiger partial charge in [-0.3, -0.25) is 4.90 Å². The van der Waals surface area contributed by atoms with Gasteiger partial charge in [0.15, 0.2) is 0 Å². The van der Waals surface area contributed by atoms with E-state index in [4.69, 9.17) is 0 Å². The Hall–Kier alpha value is -1.25. The van der Waals surface area contributed by atoms with Crippen molar-refractivity contribution in [2.45, 2.75) is 29.7 Å². The van der Waals surface area contributed by atoms with E-state index in [0.717, 1.165) is 0 Å². The lowest BCUT2D eigenvalue weighted by Crippen LogP contribution is -2.34. The van der Waals surface area contributed by atoms with E-state index in [2.05, 4.69) is 59.7 Å². The first-order chi connectivity index (χ1) is 10.4. The molecule has 0 unspecified atom stereocenters. The van der Waals surface area contributed by atoms with E-state index < -0.39 is 0 Å². The molecule has 21 heavy (non-hydrogen) atoms. The fraction of sp³-hybridized carbons (Fsp3) is 0.368. The van der Waals surface area contributed by atoms with Gasteiger partial charge in [0.2, 0.25) is 0 Å². The maximum atomic E-state index is 2.69. The summed E-state index contributed by atoms with van der Waals surface area (Å²) < 4.78 is 0. The van der Waals surface area contributed by atoms with Crippen LogP contribution in [0.4, 0.5) is 0 Å². The largest absolute Gasteiger partial charge is 0.295 e. The van der Waals surface area contributed by atoms with E-state index in [1.54, 1.807) is 11.1 Å². The van der Waals surface area contributed by atoms with Crippen LogP contribution in [0, 0.1) is 0 Å². The summed E-state index contributed by atoms with van der Waals surface area (Å²) in [5.41, 5.74) is 4.59. The second kappa shape index (κ2) is 5.51. The Bertz CT molecular complexity index is 634. The van der Waals surface area contributed by atoms with Crippen molar-refractivity contribution >= 4 is 11.8 Å². The normalized spacial score (nSPS) is 24.6. The lowest BCUT2D eigenvalue weighted by molar-refractivity contribution is 0.230. The third kappa shape index (κ3) is 2.31. The average Bonchev–Trinajstić information content (AvgIpc) is 3.03. The summed E-state index contributed by atoms with van der Waals surface area (Å²) >= 11 is 1.81. The molecule has 0 N–H and O–H groups in total. The highest BCUT2D eigenvalue weighted by molar-refractivity contribution is 7.98. The number of benzene rings is 2. The lowest BCUT2D eigenvalue weighted by Gasteiger charge is -2.37. The van der Waals surface area contributed by atoms with Gasteiger partial charge in [-0.1, -0.05) is 36.4 Å². The first-order valence-corrected chi connectivity index (χ1v) is 9.06. The molecule has 4 rings (SSSR count). The van der Waals surface area contributed by atoms with Gasteiger partial charge in [0, 0.05) is 23.4 Å². The number of fused-ring (bicyclic) bond motifs is 3. The fourth-order valence-electron chi connectivity index (χ4n) is 3.98. The lowest BCUT2D eigenvalue weighted by atomic mass is 9.82. The van der Waals surface area contributed by atoms with E-state index in [1.807, 2.05) is 11.8 Å². The highest BCUT2D eigenvalue weighted by atomic mass is 32.2. The summed E-state index contributed by atoms with van der Waals surface area (Å²) in [7, 11) is 0. The highest BCUT2D eigenvalue weighted by Crippen LogP contribution is 2.44. The number of thioether (sulfide) groups is 1. The quantitative estimate of drug-likeness (QED) is 0.739. The Morgan fingerprint density at radius 1 is 1.00 bits per heavy atom. The van der Waals surface area contributed by atoms with E-state index in [0.29, 0.717) is 12.0 Å². The Morgan fingerprint density at radius 3 is 2.52 bits per heavy atom. The Balaban J connectivity index is 1.76. The van der Waals surface area contributed by atoms with Gasteiger partial charge in [-0.15, -0.1) is 11.8 Å². The van der Waals surface area contributed by atoms with E-state index in [1.165, 1.54) is 36.4 Å². The molecule has 1 fully saturated rings. The second-order valence-electron chi connectivity index (χ2n) is 6.11. The van der Waals surface area contributed by atoms with Crippen molar-refractivity contribution in [1.82, 2.24) is 4.90 Å². The summed E-state index contributed by atoms with van der Waals surface area (Å²) in [6, 6.07) is 18.9. The minimum Gasteiger partial charge on any atom is -0.295 e. The third-order valence-electron chi connectivity index (χ3n) is 5.03. The smallest absolute Gasteiger partial charge is 0.0351 e. The molecule has 0 aliphatic carbocycles. The van der Waals surface area contributed by atoms with Gasteiger partial charge in [-0.05, 0) is 54.5 Å². The van der Waals surface area contributed by atoms with Crippen LogP contribution >= 0.6 is 11.8 Å². The van der Waals surface area contributed by atoms with Crippen molar-refractivity contribution in [3.8, 4) is 0 Å². The summed E-state index contributed by atoms with van der Waals surface area (Å²) in [5.74, 6) is 0.534. The van der Waals surface area contributed by atoms with Gasteiger partial charge in [0.05, 0.1) is 0 Å². The van der Waals surface area contributed by atoms with Crippen molar-refractivity contribution in [2.24, 2.45) is 0 Å². The van der Waals surface area contributed by atoms with Gasteiger partial charge >= 0.3 is 0 Å². The van der Waals surface area contributed by atoms with Crippen LogP contribution in [0.2, 0.25) is 0 Å². The summed E-state index contributed by atoms with van der Waals surface area (Å²) in [5, 5.41) is 0. The van der Waals surface area contributed by atoms with Gasteiger partial charge in [-0.2, -0.15) is 0 Å². The number of nitrogens with zero attached hydrogens (tertiary/aromatic N) is 1. The molecule has 0 saturated carbocycles. The SMILES string of the molecule is CSc1ccc([C@H]2CN3CCC[C@@H]3c3ccccc32)cc1. The van der Waals surface area contributed by atoms with Crippen molar-refractivity contribution in [3.63, 3.8) is 0 Å². The van der Waals surface area contributed by atoms with E-state index >= 15 is 0 Å². The Labute approximate surface area is 131 Å². The van der Waals surface area contributed by atoms with Crippen LogP contribution in [-0.2, 0) is 0 Å². The molecule has 2 aliphatic heterocycles. The maximum Gasteiger partial charge on any atom is 0.0351 e. The topological polar surface area (TPSA) is 3.24 Å². The van der Waals surface area contributed by atoms with Crippen LogP contribution in [0.1, 0.15) is 41.5 Å². The highest BCUT2D eigenvalue weighted by Gasteiger charge is 2.35. The van der Waals surface area contributed by atoms with Crippen molar-refractivity contribution in [3.05, 3.63) is 65.2 Å². The fourth-order valence-corrected chi connectivity index (χ4v) is 4.39. The van der Waals surface area contributed by atoms with Crippen LogP contribution in [0.3, 0.4) is 0 Å². The van der Waals surface area contributed by atoms with E-state index in [-0.39, 0.29) is 0 Å². The van der Waals surface area contributed by atoms with Gasteiger partial charge in [0.25, 0.3) is 0 Å². The monoisotopic (exact) mass is 295 g/mol. The zero-order chi connectivity index (χ0) is 14.2. The molecule has 108 valence electrons. The molecular formula is C19H21NS. The van der Waals surface area contributed by atoms with E-state index in [9.17, 15) is 0 Å². The summed E-state index contributed by atoms with van der Waals surface area (Å²) in [6.07, 6.45) is 4.81. The molecule has 2 heterocycles. The van der Waals surface area contributed by atoms with Gasteiger partial charge in [-0.25, -0.2) is 0 Å². The maximum absolute atomic E-state index is 2.69. The molecule has 2 aliphatic rings. The number of hydrogen-bond donors (Lipinski definition) is 0. The molecule has 1 saturated heterocycles. The molecule has 0 spiro atoms. The Kier molecular flexibility index (Phi) is 3.52. The van der Waals surface area contributed by atoms with Crippen LogP contribution in [-0.4, -0.2) is 24.2 Å². The molecule has 1 nitrogen and oxygen atoms in total. The van der Waals surface area contributed by atoms with Crippen molar-refractivity contribution in [2.75, 3.05) is 19.3 Å².